The first-order valence-electron chi connectivity index (χ1n) is 12.9. The number of amides is 3. The van der Waals surface area contributed by atoms with Gasteiger partial charge in [-0.3, -0.25) is 39.5 Å². The highest BCUT2D eigenvalue weighted by molar-refractivity contribution is 8.18. The number of nitro groups is 2. The van der Waals surface area contributed by atoms with E-state index in [9.17, 15) is 34.6 Å². The fourth-order valence-electron chi connectivity index (χ4n) is 4.36. The van der Waals surface area contributed by atoms with Crippen molar-refractivity contribution in [2.24, 2.45) is 0 Å². The number of ether oxygens (including phenoxy) is 2. The molecule has 3 aromatic carbocycles. The molecule has 0 saturated carbocycles. The molecular formula is C28H23N5O9S. The number of thioether (sulfide) groups is 1. The van der Waals surface area contributed by atoms with Gasteiger partial charge in [0.05, 0.1) is 34.0 Å². The fraction of sp³-hybridized carbons (Fsp3) is 0.179. The zero-order chi connectivity index (χ0) is 30.5. The lowest BCUT2D eigenvalue weighted by Gasteiger charge is -2.28. The van der Waals surface area contributed by atoms with E-state index >= 15 is 0 Å². The van der Waals surface area contributed by atoms with Crippen molar-refractivity contribution < 1.29 is 33.7 Å². The van der Waals surface area contributed by atoms with Gasteiger partial charge in [0, 0.05) is 36.1 Å². The predicted molar refractivity (Wildman–Crippen MR) is 157 cm³/mol. The smallest absolute Gasteiger partial charge is 0.318 e. The van der Waals surface area contributed by atoms with E-state index in [4.69, 9.17) is 9.47 Å². The molecule has 0 unspecified atom stereocenters. The first-order valence-corrected chi connectivity index (χ1v) is 13.7. The number of non-ortho nitro benzene ring substituents is 1. The summed E-state index contributed by atoms with van der Waals surface area (Å²) in [5, 5.41) is 24.6. The van der Waals surface area contributed by atoms with E-state index in [1.54, 1.807) is 30.3 Å². The lowest BCUT2D eigenvalue weighted by atomic mass is 10.1. The summed E-state index contributed by atoms with van der Waals surface area (Å²) in [6, 6.07) is 16.4. The van der Waals surface area contributed by atoms with Crippen LogP contribution in [0.1, 0.15) is 5.56 Å². The Bertz CT molecular complexity index is 1640. The van der Waals surface area contributed by atoms with Crippen molar-refractivity contribution in [2.45, 2.75) is 0 Å². The second-order valence-electron chi connectivity index (χ2n) is 9.27. The molecule has 0 aliphatic carbocycles. The third kappa shape index (κ3) is 6.79. The summed E-state index contributed by atoms with van der Waals surface area (Å²) in [6.45, 7) is 2.33. The van der Waals surface area contributed by atoms with E-state index in [1.165, 1.54) is 12.1 Å². The number of carbonyl (C=O) groups is 3. The van der Waals surface area contributed by atoms with Gasteiger partial charge >= 0.3 is 5.69 Å². The standard InChI is InChI=1S/C28H23N5O9S/c34-26(29-19-5-7-20(8-6-19)30-11-13-41-14-12-30)17-31-27(35)25(43-28(31)36)15-18-3-1-2-4-23(18)42-24-10-9-21(32(37)38)16-22(24)33(39)40/h1-10,15-16H,11-14,17H2,(H,29,34)/b25-15+. The maximum Gasteiger partial charge on any atom is 0.318 e. The zero-order valence-electron chi connectivity index (χ0n) is 22.3. The molecule has 3 aromatic rings. The largest absolute Gasteiger partial charge is 0.449 e. The van der Waals surface area contributed by atoms with Gasteiger partial charge in [-0.25, -0.2) is 0 Å². The molecule has 2 aliphatic heterocycles. The number of nitrogens with zero attached hydrogens (tertiary/aromatic N) is 4. The molecule has 2 fully saturated rings. The molecule has 15 heteroatoms. The van der Waals surface area contributed by atoms with Crippen LogP contribution in [0.2, 0.25) is 0 Å². The molecule has 0 spiro atoms. The molecule has 14 nitrogen and oxygen atoms in total. The SMILES string of the molecule is O=C(CN1C(=O)S/C(=C/c2ccccc2Oc2ccc([N+](=O)[O-])cc2[N+](=O)[O-])C1=O)Nc1ccc(N2CCOCC2)cc1. The second-order valence-corrected chi connectivity index (χ2v) is 10.3. The number of imide groups is 1. The number of nitro benzene ring substituents is 2. The van der Waals surface area contributed by atoms with E-state index in [-0.39, 0.29) is 16.4 Å². The molecule has 1 N–H and O–H groups in total. The number of nitrogens with one attached hydrogen (secondary N) is 1. The highest BCUT2D eigenvalue weighted by Crippen LogP contribution is 2.38. The minimum atomic E-state index is -0.806. The molecule has 0 atom stereocenters. The van der Waals surface area contributed by atoms with E-state index in [2.05, 4.69) is 10.2 Å². The highest BCUT2D eigenvalue weighted by atomic mass is 32.2. The average Bonchev–Trinajstić information content (AvgIpc) is 3.26. The lowest BCUT2D eigenvalue weighted by Crippen LogP contribution is -2.36. The van der Waals surface area contributed by atoms with Crippen molar-refractivity contribution in [1.82, 2.24) is 4.90 Å². The minimum Gasteiger partial charge on any atom is -0.449 e. The van der Waals surface area contributed by atoms with Crippen molar-refractivity contribution in [1.29, 1.82) is 0 Å². The van der Waals surface area contributed by atoms with Crippen LogP contribution in [0.25, 0.3) is 6.08 Å². The van der Waals surface area contributed by atoms with Gasteiger partial charge in [0.25, 0.3) is 16.8 Å². The quantitative estimate of drug-likeness (QED) is 0.201. The summed E-state index contributed by atoms with van der Waals surface area (Å²) >= 11 is 0.635. The van der Waals surface area contributed by atoms with Crippen LogP contribution in [-0.4, -0.2) is 64.6 Å². The molecule has 2 saturated heterocycles. The molecule has 0 aromatic heterocycles. The molecular weight excluding hydrogens is 582 g/mol. The van der Waals surface area contributed by atoms with Crippen LogP contribution in [-0.2, 0) is 14.3 Å². The van der Waals surface area contributed by atoms with Crippen molar-refractivity contribution in [3.05, 3.63) is 97.4 Å². The van der Waals surface area contributed by atoms with Crippen LogP contribution in [0.3, 0.4) is 0 Å². The molecule has 3 amide bonds. The summed E-state index contributed by atoms with van der Waals surface area (Å²) in [7, 11) is 0. The number of benzene rings is 3. The molecule has 0 radical (unpaired) electrons. The van der Waals surface area contributed by atoms with Crippen molar-refractivity contribution in [3.63, 3.8) is 0 Å². The van der Waals surface area contributed by atoms with Crippen molar-refractivity contribution in [3.8, 4) is 11.5 Å². The maximum absolute atomic E-state index is 13.1. The second kappa shape index (κ2) is 12.7. The van der Waals surface area contributed by atoms with Crippen LogP contribution >= 0.6 is 11.8 Å². The van der Waals surface area contributed by atoms with Gasteiger partial charge in [-0.1, -0.05) is 18.2 Å². The van der Waals surface area contributed by atoms with Crippen LogP contribution in [0, 0.1) is 20.2 Å². The van der Waals surface area contributed by atoms with Crippen LogP contribution in [0.15, 0.2) is 71.6 Å². The van der Waals surface area contributed by atoms with Gasteiger partial charge in [0.1, 0.15) is 12.3 Å². The van der Waals surface area contributed by atoms with Gasteiger partial charge in [-0.15, -0.1) is 0 Å². The molecule has 5 rings (SSSR count). The summed E-state index contributed by atoms with van der Waals surface area (Å²) in [5.74, 6) is -1.40. The normalized spacial score (nSPS) is 16.0. The fourth-order valence-corrected chi connectivity index (χ4v) is 5.19. The Morgan fingerprint density at radius 2 is 1.70 bits per heavy atom. The summed E-state index contributed by atoms with van der Waals surface area (Å²) in [5.41, 5.74) is 0.715. The Balaban J connectivity index is 1.27. The van der Waals surface area contributed by atoms with Crippen LogP contribution in [0.5, 0.6) is 11.5 Å². The monoisotopic (exact) mass is 605 g/mol. The minimum absolute atomic E-state index is 0.0157. The maximum atomic E-state index is 13.1. The first-order chi connectivity index (χ1) is 20.7. The van der Waals surface area contributed by atoms with Gasteiger partial charge in [-0.2, -0.15) is 0 Å². The number of hydrogen-bond donors (Lipinski definition) is 1. The number of para-hydroxylation sites is 1. The Morgan fingerprint density at radius 3 is 2.40 bits per heavy atom. The van der Waals surface area contributed by atoms with Crippen molar-refractivity contribution >= 4 is 57.6 Å². The molecule has 2 aliphatic rings. The summed E-state index contributed by atoms with van der Waals surface area (Å²) in [6.07, 6.45) is 1.37. The first kappa shape index (κ1) is 29.2. The van der Waals surface area contributed by atoms with Gasteiger partial charge < -0.3 is 19.7 Å². The molecule has 2 heterocycles. The zero-order valence-corrected chi connectivity index (χ0v) is 23.2. The van der Waals surface area contributed by atoms with Gasteiger partial charge in [0.15, 0.2) is 0 Å². The Hall–Kier alpha value is -5.28. The Morgan fingerprint density at radius 1 is 0.977 bits per heavy atom. The number of carbonyl (C=O) groups excluding carboxylic acids is 3. The van der Waals surface area contributed by atoms with Gasteiger partial charge in [-0.05, 0) is 54.2 Å². The van der Waals surface area contributed by atoms with Crippen LogP contribution < -0.4 is 15.0 Å². The van der Waals surface area contributed by atoms with E-state index < -0.39 is 44.8 Å². The third-order valence-corrected chi connectivity index (χ3v) is 7.39. The molecule has 43 heavy (non-hydrogen) atoms. The van der Waals surface area contributed by atoms with Crippen LogP contribution in [0.4, 0.5) is 27.5 Å². The van der Waals surface area contributed by atoms with E-state index in [0.29, 0.717) is 36.2 Å². The Labute approximate surface area is 248 Å². The highest BCUT2D eigenvalue weighted by Gasteiger charge is 2.36. The number of morpholine rings is 1. The third-order valence-electron chi connectivity index (χ3n) is 6.48. The number of hydrogen-bond acceptors (Lipinski definition) is 11. The summed E-state index contributed by atoms with van der Waals surface area (Å²) < 4.78 is 11.1. The lowest BCUT2D eigenvalue weighted by molar-refractivity contribution is -0.394. The molecule has 0 bridgehead atoms. The van der Waals surface area contributed by atoms with E-state index in [1.807, 2.05) is 12.1 Å². The summed E-state index contributed by atoms with van der Waals surface area (Å²) in [4.78, 5) is 62.4. The number of rotatable bonds is 9. The molecule has 220 valence electrons. The van der Waals surface area contributed by atoms with Gasteiger partial charge in [0.2, 0.25) is 11.7 Å². The van der Waals surface area contributed by atoms with Crippen molar-refractivity contribution in [2.75, 3.05) is 43.1 Å². The Kier molecular flexibility index (Phi) is 8.64. The topological polar surface area (TPSA) is 174 Å². The number of anilines is 2. The average molecular weight is 606 g/mol. The van der Waals surface area contributed by atoms with E-state index in [0.717, 1.165) is 41.9 Å². The predicted octanol–water partition coefficient (Wildman–Crippen LogP) is 4.81.